The van der Waals surface area contributed by atoms with Gasteiger partial charge in [-0.25, -0.2) is 13.6 Å². The van der Waals surface area contributed by atoms with Gasteiger partial charge in [-0.1, -0.05) is 23.2 Å². The minimum Gasteiger partial charge on any atom is -0.442 e. The van der Waals surface area contributed by atoms with Crippen LogP contribution in [0.2, 0.25) is 10.0 Å². The van der Waals surface area contributed by atoms with Gasteiger partial charge >= 0.3 is 18.4 Å². The third-order valence-electron chi connectivity index (χ3n) is 5.18. The van der Waals surface area contributed by atoms with Gasteiger partial charge in [-0.2, -0.15) is 31.0 Å². The molecule has 0 atom stereocenters. The van der Waals surface area contributed by atoms with E-state index in [-0.39, 0.29) is 17.8 Å². The van der Waals surface area contributed by atoms with Gasteiger partial charge in [-0.15, -0.1) is 10.2 Å². The average Bonchev–Trinajstić information content (AvgIpc) is 3.46. The van der Waals surface area contributed by atoms with E-state index in [1.54, 1.807) is 27.7 Å². The van der Waals surface area contributed by atoms with E-state index in [4.69, 9.17) is 37.4 Å². The summed E-state index contributed by atoms with van der Waals surface area (Å²) in [6, 6.07) is 4.46. The largest absolute Gasteiger partial charge is 0.442 e. The number of H-pyrrole nitrogens is 1. The highest BCUT2D eigenvalue weighted by Crippen LogP contribution is 2.39. The molecule has 0 amide bonds. The van der Waals surface area contributed by atoms with E-state index in [9.17, 15) is 39.9 Å². The van der Waals surface area contributed by atoms with Crippen molar-refractivity contribution in [2.24, 2.45) is 0 Å². The topological polar surface area (TPSA) is 91.3 Å². The Kier molecular flexibility index (Phi) is 10.3. The lowest BCUT2D eigenvalue weighted by molar-refractivity contribution is -0.138. The first-order valence-electron chi connectivity index (χ1n) is 12.4. The first-order chi connectivity index (χ1) is 20.5. The van der Waals surface area contributed by atoms with Crippen LogP contribution in [0.1, 0.15) is 43.3 Å². The van der Waals surface area contributed by atoms with E-state index in [1.807, 2.05) is 0 Å². The molecule has 4 aromatic rings. The molecule has 2 heterocycles. The van der Waals surface area contributed by atoms with Gasteiger partial charge in [0.15, 0.2) is 23.1 Å². The summed E-state index contributed by atoms with van der Waals surface area (Å²) < 4.78 is 119. The van der Waals surface area contributed by atoms with Gasteiger partial charge in [0.05, 0.1) is 26.9 Å². The van der Waals surface area contributed by atoms with E-state index < -0.39 is 68.4 Å². The summed E-state index contributed by atoms with van der Waals surface area (Å²) >= 11 is 11.3. The van der Waals surface area contributed by atoms with Gasteiger partial charge in [-0.3, -0.25) is 5.10 Å². The number of alkyl halides is 6. The summed E-state index contributed by atoms with van der Waals surface area (Å²) in [5, 5.41) is 8.97. The smallest absolute Gasteiger partial charge is 0.435 e. The fraction of sp³-hybridized carbons (Fsp3) is 0.296. The van der Waals surface area contributed by atoms with E-state index in [0.29, 0.717) is 29.6 Å². The second kappa shape index (κ2) is 13.1. The summed E-state index contributed by atoms with van der Waals surface area (Å²) in [6.45, 7) is 8.20. The number of ether oxygens (including phenoxy) is 3. The quantitative estimate of drug-likeness (QED) is 0.215. The summed E-state index contributed by atoms with van der Waals surface area (Å²) in [6.07, 6.45) is -10.2. The van der Waals surface area contributed by atoms with Crippen molar-refractivity contribution in [1.82, 2.24) is 20.0 Å². The van der Waals surface area contributed by atoms with Crippen LogP contribution in [0.15, 0.2) is 36.4 Å². The second-order valence-electron chi connectivity index (χ2n) is 10.1. The van der Waals surface area contributed by atoms with Gasteiger partial charge < -0.3 is 14.2 Å². The van der Waals surface area contributed by atoms with Crippen LogP contribution in [0.5, 0.6) is 23.3 Å². The molecule has 244 valence electrons. The zero-order valence-corrected chi connectivity index (χ0v) is 25.2. The fourth-order valence-corrected chi connectivity index (χ4v) is 3.78. The van der Waals surface area contributed by atoms with Crippen molar-refractivity contribution in [3.05, 3.63) is 80.6 Å². The highest BCUT2D eigenvalue weighted by Gasteiger charge is 2.34. The lowest BCUT2D eigenvalue weighted by Gasteiger charge is -2.19. The number of aromatic nitrogens is 4. The molecule has 0 aliphatic rings. The molecule has 0 bridgehead atoms. The Labute approximate surface area is 259 Å². The van der Waals surface area contributed by atoms with Crippen molar-refractivity contribution >= 4 is 29.3 Å². The molecule has 0 saturated carbocycles. The third-order valence-corrected chi connectivity index (χ3v) is 5.74. The number of aryl methyl sites for hydroxylation is 2. The van der Waals surface area contributed by atoms with Crippen LogP contribution in [0.3, 0.4) is 0 Å². The minimum atomic E-state index is -4.75. The van der Waals surface area contributed by atoms with Crippen molar-refractivity contribution in [2.45, 2.75) is 52.6 Å². The number of aromatic amines is 1. The first kappa shape index (κ1) is 35.4. The molecular formula is C27H22Cl2F8N4O4. The van der Waals surface area contributed by atoms with Crippen molar-refractivity contribution in [3.63, 3.8) is 0 Å². The molecule has 2 aromatic heterocycles. The molecule has 4 rings (SSSR count). The molecule has 0 unspecified atom stereocenters. The third kappa shape index (κ3) is 9.47. The molecule has 2 aromatic carbocycles. The van der Waals surface area contributed by atoms with Crippen LogP contribution in [-0.4, -0.2) is 31.7 Å². The number of halogens is 10. The van der Waals surface area contributed by atoms with E-state index in [1.165, 1.54) is 19.1 Å². The average molecular weight is 689 g/mol. The zero-order valence-electron chi connectivity index (χ0n) is 23.7. The number of carbonyl (C=O) groups excluding carboxylic acids is 1. The Morgan fingerprint density at radius 3 is 1.62 bits per heavy atom. The second-order valence-corrected chi connectivity index (χ2v) is 11.0. The van der Waals surface area contributed by atoms with Crippen LogP contribution < -0.4 is 9.47 Å². The number of nitrogens with zero attached hydrogens (tertiary/aromatic N) is 3. The zero-order chi connectivity index (χ0) is 34.1. The van der Waals surface area contributed by atoms with E-state index in [2.05, 4.69) is 15.3 Å². The molecule has 8 nitrogen and oxygen atoms in total. The van der Waals surface area contributed by atoms with Crippen molar-refractivity contribution < 1.29 is 54.1 Å². The summed E-state index contributed by atoms with van der Waals surface area (Å²) in [5.74, 6) is -3.86. The van der Waals surface area contributed by atoms with E-state index in [0.717, 1.165) is 4.68 Å². The van der Waals surface area contributed by atoms with Crippen LogP contribution >= 0.6 is 23.2 Å². The fourth-order valence-electron chi connectivity index (χ4n) is 3.28. The lowest BCUT2D eigenvalue weighted by atomic mass is 10.2. The summed E-state index contributed by atoms with van der Waals surface area (Å²) in [7, 11) is 0. The molecule has 1 N–H and O–H groups in total. The van der Waals surface area contributed by atoms with Gasteiger partial charge in [0.2, 0.25) is 11.8 Å². The number of hydrogen-bond donors (Lipinski definition) is 1. The Hall–Kier alpha value is -4.05. The highest BCUT2D eigenvalue weighted by molar-refractivity contribution is 6.32. The predicted molar refractivity (Wildman–Crippen MR) is 145 cm³/mol. The van der Waals surface area contributed by atoms with Gasteiger partial charge in [-0.05, 0) is 58.9 Å². The Balaban J connectivity index is 0.000000257. The monoisotopic (exact) mass is 688 g/mol. The first-order valence-corrected chi connectivity index (χ1v) is 13.1. The van der Waals surface area contributed by atoms with Crippen LogP contribution in [0, 0.1) is 25.5 Å². The van der Waals surface area contributed by atoms with Crippen LogP contribution in [0.25, 0.3) is 0 Å². The van der Waals surface area contributed by atoms with Crippen LogP contribution in [0.4, 0.5) is 39.9 Å². The summed E-state index contributed by atoms with van der Waals surface area (Å²) in [4.78, 5) is 12.0. The van der Waals surface area contributed by atoms with Gasteiger partial charge in [0.1, 0.15) is 5.60 Å². The predicted octanol–water partition coefficient (Wildman–Crippen LogP) is 9.90. The van der Waals surface area contributed by atoms with Gasteiger partial charge in [0, 0.05) is 17.8 Å². The highest BCUT2D eigenvalue weighted by atomic mass is 35.5. The molecule has 45 heavy (non-hydrogen) atoms. The minimum absolute atomic E-state index is 0.0121. The summed E-state index contributed by atoms with van der Waals surface area (Å²) in [5.41, 5.74) is -2.22. The maximum absolute atomic E-state index is 14.0. The molecule has 0 aliphatic heterocycles. The number of hydrogen-bond acceptors (Lipinski definition) is 6. The number of nitrogens with one attached hydrogen (secondary N) is 1. The van der Waals surface area contributed by atoms with Crippen molar-refractivity contribution in [2.75, 3.05) is 0 Å². The maximum atomic E-state index is 14.0. The SMILES string of the molecule is Cc1cc(Oc2c(F)cc(C(F)(F)F)cc2Cl)n[nH]1.Cc1cc(Oc2c(F)cc(C(F)(F)F)cc2Cl)nn1C(=O)OC(C)(C)C. The standard InChI is InChI=1S/C16H15ClF4N2O3.C11H7ClF4N2O/c1-8-5-12(22-23(8)14(24)26-15(2,3)4)25-13-10(17)6-9(7-11(13)18)16(19,20)21;1-5-2-9(18-17-5)19-10-7(12)3-6(4-8(10)13)11(14,15)16/h5-7H,1-4H3;2-4H,1H3,(H,17,18). The van der Waals surface area contributed by atoms with Crippen molar-refractivity contribution in [3.8, 4) is 23.3 Å². The molecule has 0 spiro atoms. The number of rotatable bonds is 4. The molecule has 18 heteroatoms. The van der Waals surface area contributed by atoms with Crippen molar-refractivity contribution in [1.29, 1.82) is 0 Å². The molecule has 0 fully saturated rings. The Morgan fingerprint density at radius 1 is 0.778 bits per heavy atom. The maximum Gasteiger partial charge on any atom is 0.435 e. The Bertz CT molecular complexity index is 1650. The molecular weight excluding hydrogens is 667 g/mol. The number of carbonyl (C=O) groups is 1. The lowest BCUT2D eigenvalue weighted by Crippen LogP contribution is -2.28. The molecule has 0 saturated heterocycles. The molecule has 0 aliphatic carbocycles. The van der Waals surface area contributed by atoms with Crippen LogP contribution in [-0.2, 0) is 17.1 Å². The van der Waals surface area contributed by atoms with E-state index >= 15 is 0 Å². The van der Waals surface area contributed by atoms with Gasteiger partial charge in [0.25, 0.3) is 0 Å². The Morgan fingerprint density at radius 2 is 1.24 bits per heavy atom. The normalized spacial score (nSPS) is 12.0. The number of benzene rings is 2. The molecule has 0 radical (unpaired) electrons.